The van der Waals surface area contributed by atoms with Gasteiger partial charge in [0.05, 0.1) is 5.54 Å². The molecule has 0 spiro atoms. The number of hydrogen-bond donors (Lipinski definition) is 1. The fraction of sp³-hybridized carbons (Fsp3) is 0.600. The van der Waals surface area contributed by atoms with Crippen molar-refractivity contribution in [3.8, 4) is 0 Å². The summed E-state index contributed by atoms with van der Waals surface area (Å²) < 4.78 is 1.53. The second kappa shape index (κ2) is 3.34. The van der Waals surface area contributed by atoms with Crippen LogP contribution >= 0.6 is 0 Å². The minimum Gasteiger partial charge on any atom is -0.348 e. The minimum atomic E-state index is -0.136. The van der Waals surface area contributed by atoms with Gasteiger partial charge in [0.25, 0.3) is 5.56 Å². The quantitative estimate of drug-likeness (QED) is 0.725. The Hall–Kier alpha value is -1.36. The van der Waals surface area contributed by atoms with Crippen molar-refractivity contribution in [2.24, 2.45) is 12.8 Å². The molecule has 15 heavy (non-hydrogen) atoms. The van der Waals surface area contributed by atoms with Crippen LogP contribution in [0.3, 0.4) is 0 Å². The Kier molecular flexibility index (Phi) is 2.26. The van der Waals surface area contributed by atoms with Crippen molar-refractivity contribution in [3.05, 3.63) is 22.7 Å². The molecule has 5 nitrogen and oxygen atoms in total. The van der Waals surface area contributed by atoms with Crippen molar-refractivity contribution >= 4 is 5.82 Å². The van der Waals surface area contributed by atoms with Crippen molar-refractivity contribution in [3.63, 3.8) is 0 Å². The third kappa shape index (κ3) is 1.63. The standard InChI is InChI=1S/C10H16N4O/c1-3-10(11)6-14(7-10)8-9(15)13(2)5-4-12-8/h4-5H,3,6-7,11H2,1-2H3. The maximum Gasteiger partial charge on any atom is 0.293 e. The summed E-state index contributed by atoms with van der Waals surface area (Å²) >= 11 is 0. The molecule has 0 radical (unpaired) electrons. The number of hydrogen-bond acceptors (Lipinski definition) is 4. The SMILES string of the molecule is CCC1(N)CN(c2nccn(C)c2=O)C1. The molecule has 0 bridgehead atoms. The molecule has 1 aliphatic heterocycles. The van der Waals surface area contributed by atoms with Crippen molar-refractivity contribution in [1.29, 1.82) is 0 Å². The Balaban J connectivity index is 2.21. The largest absolute Gasteiger partial charge is 0.348 e. The van der Waals surface area contributed by atoms with Crippen LogP contribution in [0.1, 0.15) is 13.3 Å². The average Bonchev–Trinajstić information content (AvgIpc) is 2.18. The summed E-state index contributed by atoms with van der Waals surface area (Å²) in [6.07, 6.45) is 4.22. The van der Waals surface area contributed by atoms with Crippen LogP contribution in [0.25, 0.3) is 0 Å². The predicted molar refractivity (Wildman–Crippen MR) is 58.9 cm³/mol. The normalized spacial score (nSPS) is 18.7. The van der Waals surface area contributed by atoms with Gasteiger partial charge in [-0.1, -0.05) is 6.92 Å². The van der Waals surface area contributed by atoms with E-state index < -0.39 is 0 Å². The molecule has 2 N–H and O–H groups in total. The molecule has 0 aliphatic carbocycles. The van der Waals surface area contributed by atoms with E-state index in [-0.39, 0.29) is 11.1 Å². The maximum atomic E-state index is 11.7. The van der Waals surface area contributed by atoms with Crippen LogP contribution in [0.5, 0.6) is 0 Å². The molecule has 1 saturated heterocycles. The number of rotatable bonds is 2. The number of aryl methyl sites for hydroxylation is 1. The van der Waals surface area contributed by atoms with Gasteiger partial charge in [-0.25, -0.2) is 4.98 Å². The zero-order valence-electron chi connectivity index (χ0n) is 9.10. The molecule has 1 fully saturated rings. The topological polar surface area (TPSA) is 64.2 Å². The first-order chi connectivity index (χ1) is 7.06. The molecule has 2 rings (SSSR count). The van der Waals surface area contributed by atoms with Gasteiger partial charge in [-0.3, -0.25) is 4.79 Å². The zero-order chi connectivity index (χ0) is 11.1. The predicted octanol–water partition coefficient (Wildman–Crippen LogP) is -0.292. The fourth-order valence-electron chi connectivity index (χ4n) is 1.79. The molecular weight excluding hydrogens is 192 g/mol. The summed E-state index contributed by atoms with van der Waals surface area (Å²) in [6.45, 7) is 3.50. The van der Waals surface area contributed by atoms with Gasteiger partial charge in [0.2, 0.25) is 0 Å². The monoisotopic (exact) mass is 208 g/mol. The molecular formula is C10H16N4O. The van der Waals surface area contributed by atoms with Gasteiger partial charge in [-0.15, -0.1) is 0 Å². The van der Waals surface area contributed by atoms with Crippen molar-refractivity contribution in [2.45, 2.75) is 18.9 Å². The summed E-state index contributed by atoms with van der Waals surface area (Å²) in [6, 6.07) is 0. The summed E-state index contributed by atoms with van der Waals surface area (Å²) in [4.78, 5) is 17.8. The smallest absolute Gasteiger partial charge is 0.293 e. The molecule has 0 amide bonds. The third-order valence-electron chi connectivity index (χ3n) is 3.01. The van der Waals surface area contributed by atoms with Gasteiger partial charge in [0, 0.05) is 32.5 Å². The molecule has 0 aromatic carbocycles. The molecule has 1 aliphatic rings. The van der Waals surface area contributed by atoms with Crippen molar-refractivity contribution in [2.75, 3.05) is 18.0 Å². The highest BCUT2D eigenvalue weighted by molar-refractivity contribution is 5.42. The number of nitrogens with two attached hydrogens (primary N) is 1. The van der Waals surface area contributed by atoms with Gasteiger partial charge in [-0.05, 0) is 6.42 Å². The highest BCUT2D eigenvalue weighted by Crippen LogP contribution is 2.24. The van der Waals surface area contributed by atoms with E-state index in [4.69, 9.17) is 5.73 Å². The first kappa shape index (κ1) is 10.2. The van der Waals surface area contributed by atoms with E-state index in [2.05, 4.69) is 11.9 Å². The van der Waals surface area contributed by atoms with E-state index in [1.807, 2.05) is 4.90 Å². The van der Waals surface area contributed by atoms with E-state index in [0.29, 0.717) is 5.82 Å². The molecule has 2 heterocycles. The second-order valence-electron chi connectivity index (χ2n) is 4.24. The summed E-state index contributed by atoms with van der Waals surface area (Å²) in [5.74, 6) is 0.509. The highest BCUT2D eigenvalue weighted by atomic mass is 16.1. The van der Waals surface area contributed by atoms with E-state index in [1.54, 1.807) is 19.4 Å². The Labute approximate surface area is 88.5 Å². The molecule has 0 unspecified atom stereocenters. The van der Waals surface area contributed by atoms with E-state index >= 15 is 0 Å². The van der Waals surface area contributed by atoms with Crippen LogP contribution in [-0.4, -0.2) is 28.2 Å². The highest BCUT2D eigenvalue weighted by Gasteiger charge is 2.39. The zero-order valence-corrected chi connectivity index (χ0v) is 9.10. The lowest BCUT2D eigenvalue weighted by Crippen LogP contribution is -2.68. The Morgan fingerprint density at radius 1 is 1.60 bits per heavy atom. The lowest BCUT2D eigenvalue weighted by Gasteiger charge is -2.47. The number of aromatic nitrogens is 2. The molecule has 1 aromatic rings. The van der Waals surface area contributed by atoms with Gasteiger partial charge in [0.1, 0.15) is 0 Å². The van der Waals surface area contributed by atoms with Gasteiger partial charge in [0.15, 0.2) is 5.82 Å². The van der Waals surface area contributed by atoms with E-state index in [1.165, 1.54) is 4.57 Å². The van der Waals surface area contributed by atoms with Crippen LogP contribution in [0.4, 0.5) is 5.82 Å². The van der Waals surface area contributed by atoms with Crippen LogP contribution in [0.15, 0.2) is 17.2 Å². The lowest BCUT2D eigenvalue weighted by atomic mass is 9.88. The van der Waals surface area contributed by atoms with Crippen LogP contribution in [0, 0.1) is 0 Å². The van der Waals surface area contributed by atoms with Crippen LogP contribution in [-0.2, 0) is 7.05 Å². The molecule has 0 atom stereocenters. The summed E-state index contributed by atoms with van der Waals surface area (Å²) in [7, 11) is 1.73. The molecule has 82 valence electrons. The van der Waals surface area contributed by atoms with Gasteiger partial charge >= 0.3 is 0 Å². The Morgan fingerprint density at radius 3 is 2.87 bits per heavy atom. The molecule has 5 heteroatoms. The van der Waals surface area contributed by atoms with Gasteiger partial charge in [-0.2, -0.15) is 0 Å². The average molecular weight is 208 g/mol. The lowest BCUT2D eigenvalue weighted by molar-refractivity contribution is 0.319. The summed E-state index contributed by atoms with van der Waals surface area (Å²) in [5, 5.41) is 0. The Morgan fingerprint density at radius 2 is 2.27 bits per heavy atom. The first-order valence-electron chi connectivity index (χ1n) is 5.11. The minimum absolute atomic E-state index is 0.0596. The molecule has 0 saturated carbocycles. The number of anilines is 1. The summed E-state index contributed by atoms with van der Waals surface area (Å²) in [5.41, 5.74) is 5.84. The fourth-order valence-corrected chi connectivity index (χ4v) is 1.79. The van der Waals surface area contributed by atoms with Crippen molar-refractivity contribution in [1.82, 2.24) is 9.55 Å². The van der Waals surface area contributed by atoms with Gasteiger partial charge < -0.3 is 15.2 Å². The van der Waals surface area contributed by atoms with E-state index in [0.717, 1.165) is 19.5 Å². The second-order valence-corrected chi connectivity index (χ2v) is 4.24. The third-order valence-corrected chi connectivity index (χ3v) is 3.01. The van der Waals surface area contributed by atoms with Crippen LogP contribution < -0.4 is 16.2 Å². The van der Waals surface area contributed by atoms with E-state index in [9.17, 15) is 4.79 Å². The number of nitrogens with zero attached hydrogens (tertiary/aromatic N) is 3. The van der Waals surface area contributed by atoms with Crippen molar-refractivity contribution < 1.29 is 0 Å². The molecule has 1 aromatic heterocycles. The first-order valence-corrected chi connectivity index (χ1v) is 5.11. The van der Waals surface area contributed by atoms with Crippen LogP contribution in [0.2, 0.25) is 0 Å². The maximum absolute atomic E-state index is 11.7. The Bertz CT molecular complexity index is 420.